The fourth-order valence-electron chi connectivity index (χ4n) is 2.77. The number of nitrogens with zero attached hydrogens (tertiary/aromatic N) is 1. The number of carbonyl (C=O) groups excluding carboxylic acids is 1. The molecule has 0 saturated carbocycles. The molecule has 6 nitrogen and oxygen atoms in total. The Morgan fingerprint density at radius 2 is 1.81 bits per heavy atom. The van der Waals surface area contributed by atoms with Gasteiger partial charge in [-0.2, -0.15) is 0 Å². The van der Waals surface area contributed by atoms with Gasteiger partial charge in [-0.3, -0.25) is 9.59 Å². The maximum Gasteiger partial charge on any atom is 0.310 e. The van der Waals surface area contributed by atoms with Gasteiger partial charge in [0.05, 0.1) is 24.7 Å². The van der Waals surface area contributed by atoms with Crippen molar-refractivity contribution in [2.75, 3.05) is 26.3 Å². The SMILES string of the molecule is CCC(CC)(CC(=O)N1CCC(OCCO)CC1)C(=O)O. The van der Waals surface area contributed by atoms with E-state index in [2.05, 4.69) is 0 Å². The molecule has 21 heavy (non-hydrogen) atoms. The second-order valence-corrected chi connectivity index (χ2v) is 5.64. The zero-order chi connectivity index (χ0) is 15.9. The molecule has 0 aromatic carbocycles. The Balaban J connectivity index is 2.52. The highest BCUT2D eigenvalue weighted by Gasteiger charge is 2.38. The fraction of sp³-hybridized carbons (Fsp3) is 0.867. The maximum atomic E-state index is 12.3. The topological polar surface area (TPSA) is 87.1 Å². The number of ether oxygens (including phenoxy) is 1. The van der Waals surface area contributed by atoms with Crippen molar-refractivity contribution >= 4 is 11.9 Å². The number of aliphatic hydroxyl groups excluding tert-OH is 1. The van der Waals surface area contributed by atoms with Crippen LogP contribution in [-0.2, 0) is 14.3 Å². The Bertz CT molecular complexity index is 346. The molecule has 0 bridgehead atoms. The first kappa shape index (κ1) is 17.9. The van der Waals surface area contributed by atoms with E-state index < -0.39 is 11.4 Å². The van der Waals surface area contributed by atoms with Crippen LogP contribution in [0.15, 0.2) is 0 Å². The third-order valence-corrected chi connectivity index (χ3v) is 4.54. The summed E-state index contributed by atoms with van der Waals surface area (Å²) in [5.74, 6) is -0.969. The van der Waals surface area contributed by atoms with Crippen molar-refractivity contribution < 1.29 is 24.5 Å². The van der Waals surface area contributed by atoms with E-state index in [1.807, 2.05) is 13.8 Å². The average molecular weight is 301 g/mol. The molecule has 1 rings (SSSR count). The Kier molecular flexibility index (Phi) is 7.11. The molecule has 1 aliphatic heterocycles. The third-order valence-electron chi connectivity index (χ3n) is 4.54. The zero-order valence-electron chi connectivity index (χ0n) is 13.0. The van der Waals surface area contributed by atoms with Crippen LogP contribution in [0.4, 0.5) is 0 Å². The first-order valence-electron chi connectivity index (χ1n) is 7.72. The number of aliphatic hydroxyl groups is 1. The number of hydrogen-bond acceptors (Lipinski definition) is 4. The van der Waals surface area contributed by atoms with Gasteiger partial charge in [0.15, 0.2) is 0 Å². The quantitative estimate of drug-likeness (QED) is 0.705. The summed E-state index contributed by atoms with van der Waals surface area (Å²) in [6.45, 7) is 5.16. The summed E-state index contributed by atoms with van der Waals surface area (Å²) >= 11 is 0. The Morgan fingerprint density at radius 3 is 2.24 bits per heavy atom. The molecule has 1 amide bonds. The molecule has 0 aromatic rings. The van der Waals surface area contributed by atoms with Crippen molar-refractivity contribution in [3.8, 4) is 0 Å². The van der Waals surface area contributed by atoms with Gasteiger partial charge >= 0.3 is 5.97 Å². The standard InChI is InChI=1S/C15H27NO5/c1-3-15(4-2,14(19)20)11-13(18)16-7-5-12(6-8-16)21-10-9-17/h12,17H,3-11H2,1-2H3,(H,19,20). The number of amides is 1. The molecule has 1 saturated heterocycles. The summed E-state index contributed by atoms with van der Waals surface area (Å²) in [4.78, 5) is 25.5. The number of carboxylic acid groups (broad SMARTS) is 1. The van der Waals surface area contributed by atoms with Gasteiger partial charge in [-0.1, -0.05) is 13.8 Å². The lowest BCUT2D eigenvalue weighted by atomic mass is 9.79. The minimum absolute atomic E-state index is 0.00722. The van der Waals surface area contributed by atoms with E-state index in [0.29, 0.717) is 32.5 Å². The van der Waals surface area contributed by atoms with Crippen molar-refractivity contribution in [3.05, 3.63) is 0 Å². The lowest BCUT2D eigenvalue weighted by Gasteiger charge is -2.34. The highest BCUT2D eigenvalue weighted by atomic mass is 16.5. The van der Waals surface area contributed by atoms with Gasteiger partial charge in [-0.05, 0) is 25.7 Å². The van der Waals surface area contributed by atoms with Gasteiger partial charge in [0.1, 0.15) is 0 Å². The van der Waals surface area contributed by atoms with E-state index in [4.69, 9.17) is 9.84 Å². The smallest absolute Gasteiger partial charge is 0.310 e. The molecule has 0 aromatic heterocycles. The minimum Gasteiger partial charge on any atom is -0.481 e. The third kappa shape index (κ3) is 4.68. The van der Waals surface area contributed by atoms with Gasteiger partial charge in [-0.25, -0.2) is 0 Å². The van der Waals surface area contributed by atoms with E-state index in [1.165, 1.54) is 0 Å². The van der Waals surface area contributed by atoms with Crippen LogP contribution in [0.5, 0.6) is 0 Å². The zero-order valence-corrected chi connectivity index (χ0v) is 13.0. The van der Waals surface area contributed by atoms with Gasteiger partial charge in [0.2, 0.25) is 5.91 Å². The number of piperidine rings is 1. The summed E-state index contributed by atoms with van der Waals surface area (Å²) < 4.78 is 5.46. The number of hydrogen-bond donors (Lipinski definition) is 2. The molecule has 1 fully saturated rings. The van der Waals surface area contributed by atoms with Crippen molar-refractivity contribution in [2.45, 2.75) is 52.1 Å². The molecule has 0 unspecified atom stereocenters. The van der Waals surface area contributed by atoms with Crippen LogP contribution < -0.4 is 0 Å². The summed E-state index contributed by atoms with van der Waals surface area (Å²) in [7, 11) is 0. The second kappa shape index (κ2) is 8.34. The molecule has 6 heteroatoms. The predicted molar refractivity (Wildman–Crippen MR) is 77.9 cm³/mol. The predicted octanol–water partition coefficient (Wildman–Crippen LogP) is 1.27. The van der Waals surface area contributed by atoms with Crippen LogP contribution in [0.3, 0.4) is 0 Å². The van der Waals surface area contributed by atoms with Crippen LogP contribution in [0.1, 0.15) is 46.0 Å². The normalized spacial score (nSPS) is 17.0. The molecule has 122 valence electrons. The van der Waals surface area contributed by atoms with Gasteiger partial charge in [0.25, 0.3) is 0 Å². The molecule has 0 aliphatic carbocycles. The molecule has 1 heterocycles. The Morgan fingerprint density at radius 1 is 1.24 bits per heavy atom. The van der Waals surface area contributed by atoms with Gasteiger partial charge in [0, 0.05) is 19.5 Å². The van der Waals surface area contributed by atoms with E-state index in [0.717, 1.165) is 12.8 Å². The molecule has 2 N–H and O–H groups in total. The van der Waals surface area contributed by atoms with E-state index in [1.54, 1.807) is 4.90 Å². The Hall–Kier alpha value is -1.14. The average Bonchev–Trinajstić information content (AvgIpc) is 2.50. The fourth-order valence-corrected chi connectivity index (χ4v) is 2.77. The molecular formula is C15H27NO5. The maximum absolute atomic E-state index is 12.3. The van der Waals surface area contributed by atoms with Crippen LogP contribution in [-0.4, -0.2) is 59.4 Å². The Labute approximate surface area is 126 Å². The van der Waals surface area contributed by atoms with E-state index in [9.17, 15) is 14.7 Å². The van der Waals surface area contributed by atoms with Crippen LogP contribution >= 0.6 is 0 Å². The van der Waals surface area contributed by atoms with Crippen molar-refractivity contribution in [1.29, 1.82) is 0 Å². The highest BCUT2D eigenvalue weighted by Crippen LogP contribution is 2.32. The molecule has 1 aliphatic rings. The summed E-state index contributed by atoms with van der Waals surface area (Å²) in [5.41, 5.74) is -0.943. The van der Waals surface area contributed by atoms with E-state index >= 15 is 0 Å². The molecule has 0 spiro atoms. The number of carboxylic acids is 1. The number of carbonyl (C=O) groups is 2. The first-order valence-corrected chi connectivity index (χ1v) is 7.72. The number of aliphatic carboxylic acids is 1. The number of rotatable bonds is 8. The van der Waals surface area contributed by atoms with Gasteiger partial charge < -0.3 is 19.8 Å². The van der Waals surface area contributed by atoms with Gasteiger partial charge in [-0.15, -0.1) is 0 Å². The lowest BCUT2D eigenvalue weighted by Crippen LogP contribution is -2.44. The molecule has 0 atom stereocenters. The monoisotopic (exact) mass is 301 g/mol. The summed E-state index contributed by atoms with van der Waals surface area (Å²) in [6, 6.07) is 0. The molecular weight excluding hydrogens is 274 g/mol. The minimum atomic E-state index is -0.943. The lowest BCUT2D eigenvalue weighted by molar-refractivity contribution is -0.155. The van der Waals surface area contributed by atoms with Crippen molar-refractivity contribution in [2.24, 2.45) is 5.41 Å². The highest BCUT2D eigenvalue weighted by molar-refractivity contribution is 5.85. The molecule has 0 radical (unpaired) electrons. The second-order valence-electron chi connectivity index (χ2n) is 5.64. The van der Waals surface area contributed by atoms with Crippen LogP contribution in [0.2, 0.25) is 0 Å². The first-order chi connectivity index (χ1) is 9.99. The van der Waals surface area contributed by atoms with Crippen LogP contribution in [0.25, 0.3) is 0 Å². The van der Waals surface area contributed by atoms with Crippen LogP contribution in [0, 0.1) is 5.41 Å². The van der Waals surface area contributed by atoms with E-state index in [-0.39, 0.29) is 25.0 Å². The summed E-state index contributed by atoms with van der Waals surface area (Å²) in [6.07, 6.45) is 2.55. The van der Waals surface area contributed by atoms with Crippen molar-refractivity contribution in [3.63, 3.8) is 0 Å². The number of likely N-dealkylation sites (tertiary alicyclic amines) is 1. The summed E-state index contributed by atoms with van der Waals surface area (Å²) in [5, 5.41) is 18.1. The van der Waals surface area contributed by atoms with Crippen molar-refractivity contribution in [1.82, 2.24) is 4.90 Å². The largest absolute Gasteiger partial charge is 0.481 e.